The molecule has 2 aromatic carbocycles. The summed E-state index contributed by atoms with van der Waals surface area (Å²) in [7, 11) is -3.64. The largest absolute Gasteiger partial charge is 0.492 e. The first-order valence-electron chi connectivity index (χ1n) is 10.7. The summed E-state index contributed by atoms with van der Waals surface area (Å²) in [6.07, 6.45) is 2.20. The Morgan fingerprint density at radius 2 is 1.82 bits per heavy atom. The van der Waals surface area contributed by atoms with Crippen molar-refractivity contribution in [3.8, 4) is 5.75 Å². The normalized spacial score (nSPS) is 18.8. The van der Waals surface area contributed by atoms with Gasteiger partial charge in [-0.15, -0.1) is 0 Å². The van der Waals surface area contributed by atoms with Gasteiger partial charge in [0.15, 0.2) is 9.84 Å². The monoisotopic (exact) mass is 498 g/mol. The molecular weight excluding hydrogens is 474 g/mol. The van der Waals surface area contributed by atoms with Crippen molar-refractivity contribution in [3.63, 3.8) is 0 Å². The van der Waals surface area contributed by atoms with Gasteiger partial charge in [-0.25, -0.2) is 17.2 Å². The highest BCUT2D eigenvalue weighted by Crippen LogP contribution is 2.45. The number of nitrogens with zero attached hydrogens (tertiary/aromatic N) is 1. The Balaban J connectivity index is 1.35. The number of fused-ring (bicyclic) bond motifs is 2. The highest BCUT2D eigenvalue weighted by atomic mass is 35.5. The van der Waals surface area contributed by atoms with E-state index in [1.807, 2.05) is 12.1 Å². The highest BCUT2D eigenvalue weighted by Gasteiger charge is 2.48. The summed E-state index contributed by atoms with van der Waals surface area (Å²) < 4.78 is 57.6. The second-order valence-electron chi connectivity index (χ2n) is 8.69. The summed E-state index contributed by atoms with van der Waals surface area (Å²) in [4.78, 5) is 14.9. The number of amides is 1. The molecule has 0 saturated carbocycles. The van der Waals surface area contributed by atoms with Gasteiger partial charge in [0, 0.05) is 41.2 Å². The second kappa shape index (κ2) is 8.85. The Kier molecular flexibility index (Phi) is 6.41. The summed E-state index contributed by atoms with van der Waals surface area (Å²) in [6, 6.07) is 7.45. The van der Waals surface area contributed by atoms with E-state index in [2.05, 4.69) is 10.2 Å². The number of carbonyl (C=O) groups is 1. The predicted octanol–water partition coefficient (Wildman–Crippen LogP) is 4.09. The molecule has 2 aliphatic heterocycles. The maximum atomic E-state index is 14.4. The van der Waals surface area contributed by atoms with Crippen LogP contribution in [-0.2, 0) is 20.0 Å². The molecule has 33 heavy (non-hydrogen) atoms. The van der Waals surface area contributed by atoms with E-state index in [-0.39, 0.29) is 18.3 Å². The molecule has 1 saturated heterocycles. The van der Waals surface area contributed by atoms with Crippen molar-refractivity contribution in [1.82, 2.24) is 4.90 Å². The third kappa shape index (κ3) is 4.58. The van der Waals surface area contributed by atoms with Crippen LogP contribution in [-0.4, -0.2) is 51.7 Å². The van der Waals surface area contributed by atoms with Gasteiger partial charge in [0.1, 0.15) is 24.0 Å². The minimum Gasteiger partial charge on any atom is -0.492 e. The molecule has 0 radical (unpaired) electrons. The van der Waals surface area contributed by atoms with Crippen LogP contribution in [0.3, 0.4) is 0 Å². The molecule has 0 aliphatic carbocycles. The molecule has 1 atom stereocenters. The number of hydrogen-bond acceptors (Lipinski definition) is 5. The fourth-order valence-electron chi connectivity index (χ4n) is 4.58. The first-order chi connectivity index (χ1) is 15.5. The zero-order chi connectivity index (χ0) is 24.0. The number of halogens is 3. The molecule has 4 rings (SSSR count). The zero-order valence-corrected chi connectivity index (χ0v) is 19.9. The third-order valence-electron chi connectivity index (χ3n) is 6.67. The lowest BCUT2D eigenvalue weighted by atomic mass is 9.73. The number of hydrogen-bond donors (Lipinski definition) is 1. The standard InChI is InChI=1S/C23H25ClF2N2O4S/c1-14(33(2,30)31)21-18(25)12-16(13-19(21)26)32-10-9-28-7-5-23(6-8-28)17-11-15(24)3-4-20(17)27-22(23)29/h3-4,11-14H,5-10H2,1-2H3,(H,27,29)/t14-/m0/s1. The lowest BCUT2D eigenvalue weighted by Gasteiger charge is -2.38. The topological polar surface area (TPSA) is 75.7 Å². The van der Waals surface area contributed by atoms with Crippen LogP contribution in [0.4, 0.5) is 14.5 Å². The summed E-state index contributed by atoms with van der Waals surface area (Å²) >= 11 is 6.15. The summed E-state index contributed by atoms with van der Waals surface area (Å²) in [5, 5.41) is 2.25. The van der Waals surface area contributed by atoms with Gasteiger partial charge in [0.2, 0.25) is 5.91 Å². The molecule has 10 heteroatoms. The van der Waals surface area contributed by atoms with Crippen molar-refractivity contribution < 1.29 is 26.7 Å². The number of ether oxygens (including phenoxy) is 1. The van der Waals surface area contributed by atoms with Crippen LogP contribution in [0.15, 0.2) is 30.3 Å². The van der Waals surface area contributed by atoms with E-state index < -0.39 is 37.7 Å². The van der Waals surface area contributed by atoms with E-state index in [0.29, 0.717) is 37.5 Å². The van der Waals surface area contributed by atoms with Crippen LogP contribution in [0.2, 0.25) is 5.02 Å². The lowest BCUT2D eigenvalue weighted by Crippen LogP contribution is -2.47. The molecule has 1 fully saturated rings. The summed E-state index contributed by atoms with van der Waals surface area (Å²) in [5.74, 6) is -1.91. The van der Waals surface area contributed by atoms with E-state index in [9.17, 15) is 22.0 Å². The molecule has 0 bridgehead atoms. The van der Waals surface area contributed by atoms with Crippen LogP contribution in [0.1, 0.15) is 36.1 Å². The average Bonchev–Trinajstić information content (AvgIpc) is 2.99. The van der Waals surface area contributed by atoms with Gasteiger partial charge in [-0.3, -0.25) is 9.69 Å². The fraction of sp³-hybridized carbons (Fsp3) is 0.435. The number of carbonyl (C=O) groups excluding carboxylic acids is 1. The number of nitrogens with one attached hydrogen (secondary N) is 1. The average molecular weight is 499 g/mol. The second-order valence-corrected chi connectivity index (χ2v) is 11.5. The van der Waals surface area contributed by atoms with Crippen molar-refractivity contribution in [2.75, 3.05) is 37.8 Å². The van der Waals surface area contributed by atoms with Crippen molar-refractivity contribution in [3.05, 3.63) is 58.1 Å². The van der Waals surface area contributed by atoms with Gasteiger partial charge in [-0.1, -0.05) is 11.6 Å². The fourth-order valence-corrected chi connectivity index (χ4v) is 5.41. The zero-order valence-electron chi connectivity index (χ0n) is 18.3. The van der Waals surface area contributed by atoms with Crippen molar-refractivity contribution in [2.45, 2.75) is 30.4 Å². The number of piperidine rings is 1. The molecule has 1 N–H and O–H groups in total. The van der Waals surface area contributed by atoms with Gasteiger partial charge < -0.3 is 10.1 Å². The Morgan fingerprint density at radius 1 is 1.18 bits per heavy atom. The quantitative estimate of drug-likeness (QED) is 0.649. The number of benzene rings is 2. The molecule has 6 nitrogen and oxygen atoms in total. The van der Waals surface area contributed by atoms with Crippen molar-refractivity contribution >= 4 is 33.0 Å². The van der Waals surface area contributed by atoms with E-state index in [1.54, 1.807) is 6.07 Å². The minimum atomic E-state index is -3.64. The van der Waals surface area contributed by atoms with Gasteiger partial charge in [0.25, 0.3) is 0 Å². The first kappa shape index (κ1) is 23.9. The molecule has 2 aromatic rings. The van der Waals surface area contributed by atoms with Crippen LogP contribution in [0.25, 0.3) is 0 Å². The number of rotatable bonds is 6. The van der Waals surface area contributed by atoms with Crippen LogP contribution in [0, 0.1) is 11.6 Å². The SMILES string of the molecule is C[C@@H](c1c(F)cc(OCCN2CCC3(CC2)C(=O)Nc2ccc(Cl)cc23)cc1F)S(C)(=O)=O. The molecule has 0 unspecified atom stereocenters. The Labute approximate surface area is 196 Å². The van der Waals surface area contributed by atoms with Gasteiger partial charge in [-0.05, 0) is 56.6 Å². The summed E-state index contributed by atoms with van der Waals surface area (Å²) in [5.41, 5.74) is 0.668. The first-order valence-corrected chi connectivity index (χ1v) is 13.0. The molecule has 1 amide bonds. The van der Waals surface area contributed by atoms with E-state index >= 15 is 0 Å². The van der Waals surface area contributed by atoms with Crippen LogP contribution < -0.4 is 10.1 Å². The number of sulfone groups is 1. The van der Waals surface area contributed by atoms with Gasteiger partial charge in [0.05, 0.1) is 10.7 Å². The Hall–Kier alpha value is -2.23. The molecule has 0 aromatic heterocycles. The molecule has 1 spiro atoms. The molecule has 2 aliphatic rings. The number of likely N-dealkylation sites (tertiary alicyclic amines) is 1. The maximum absolute atomic E-state index is 14.4. The Bertz CT molecular complexity index is 1170. The van der Waals surface area contributed by atoms with Crippen molar-refractivity contribution in [1.29, 1.82) is 0 Å². The van der Waals surface area contributed by atoms with Gasteiger partial charge in [-0.2, -0.15) is 0 Å². The minimum absolute atomic E-state index is 0.00155. The third-order valence-corrected chi connectivity index (χ3v) is 8.42. The maximum Gasteiger partial charge on any atom is 0.235 e. The molecular formula is C23H25ClF2N2O4S. The summed E-state index contributed by atoms with van der Waals surface area (Å²) in [6.45, 7) is 3.29. The Morgan fingerprint density at radius 3 is 2.42 bits per heavy atom. The van der Waals surface area contributed by atoms with Crippen LogP contribution in [0.5, 0.6) is 5.75 Å². The number of anilines is 1. The van der Waals surface area contributed by atoms with E-state index in [4.69, 9.17) is 16.3 Å². The van der Waals surface area contributed by atoms with Crippen LogP contribution >= 0.6 is 11.6 Å². The smallest absolute Gasteiger partial charge is 0.235 e. The van der Waals surface area contributed by atoms with Gasteiger partial charge >= 0.3 is 0 Å². The molecule has 2 heterocycles. The predicted molar refractivity (Wildman–Crippen MR) is 123 cm³/mol. The lowest BCUT2D eigenvalue weighted by molar-refractivity contribution is -0.122. The molecule has 178 valence electrons. The highest BCUT2D eigenvalue weighted by molar-refractivity contribution is 7.90. The van der Waals surface area contributed by atoms with E-state index in [0.717, 1.165) is 29.6 Å². The van der Waals surface area contributed by atoms with E-state index in [1.165, 1.54) is 6.92 Å². The van der Waals surface area contributed by atoms with Crippen molar-refractivity contribution in [2.24, 2.45) is 0 Å².